The SMILES string of the molecule is CSC(=O)NCCN1CCOCC1. The number of thioether (sulfide) groups is 1. The smallest absolute Gasteiger partial charge is 0.278 e. The molecule has 1 aliphatic rings. The number of nitrogens with zero attached hydrogens (tertiary/aromatic N) is 1. The summed E-state index contributed by atoms with van der Waals surface area (Å²) < 4.78 is 5.22. The van der Waals surface area contributed by atoms with Crippen LogP contribution in [0, 0.1) is 0 Å². The summed E-state index contributed by atoms with van der Waals surface area (Å²) in [5, 5.41) is 2.87. The lowest BCUT2D eigenvalue weighted by molar-refractivity contribution is 0.0388. The van der Waals surface area contributed by atoms with Gasteiger partial charge in [0.15, 0.2) is 0 Å². The first-order valence-corrected chi connectivity index (χ1v) is 5.67. The van der Waals surface area contributed by atoms with Gasteiger partial charge in [0, 0.05) is 26.2 Å². The molecular formula is C8H16N2O2S. The summed E-state index contributed by atoms with van der Waals surface area (Å²) in [7, 11) is 0. The van der Waals surface area contributed by atoms with E-state index in [1.807, 2.05) is 0 Å². The average Bonchev–Trinajstić information content (AvgIpc) is 2.19. The molecule has 1 saturated heterocycles. The van der Waals surface area contributed by atoms with Crippen LogP contribution in [-0.2, 0) is 4.74 Å². The van der Waals surface area contributed by atoms with Gasteiger partial charge in [-0.25, -0.2) is 0 Å². The molecule has 1 amide bonds. The molecular weight excluding hydrogens is 188 g/mol. The number of rotatable bonds is 3. The summed E-state index contributed by atoms with van der Waals surface area (Å²) in [6, 6.07) is 0. The van der Waals surface area contributed by atoms with Crippen LogP contribution in [-0.4, -0.2) is 55.8 Å². The van der Waals surface area contributed by atoms with Gasteiger partial charge in [-0.2, -0.15) is 0 Å². The molecule has 0 aromatic carbocycles. The average molecular weight is 204 g/mol. The highest BCUT2D eigenvalue weighted by molar-refractivity contribution is 8.12. The minimum Gasteiger partial charge on any atom is -0.379 e. The number of carbonyl (C=O) groups is 1. The highest BCUT2D eigenvalue weighted by Crippen LogP contribution is 1.96. The molecule has 13 heavy (non-hydrogen) atoms. The molecule has 0 atom stereocenters. The molecule has 1 heterocycles. The zero-order valence-electron chi connectivity index (χ0n) is 7.91. The highest BCUT2D eigenvalue weighted by atomic mass is 32.2. The fourth-order valence-electron chi connectivity index (χ4n) is 1.21. The Hall–Kier alpha value is -0.260. The molecule has 0 unspecified atom stereocenters. The van der Waals surface area contributed by atoms with E-state index >= 15 is 0 Å². The summed E-state index contributed by atoms with van der Waals surface area (Å²) in [5.41, 5.74) is 0. The third-order valence-electron chi connectivity index (χ3n) is 1.99. The first-order valence-electron chi connectivity index (χ1n) is 4.45. The van der Waals surface area contributed by atoms with Crippen molar-refractivity contribution in [3.63, 3.8) is 0 Å². The highest BCUT2D eigenvalue weighted by Gasteiger charge is 2.09. The molecule has 76 valence electrons. The molecule has 0 aliphatic carbocycles. The van der Waals surface area contributed by atoms with E-state index in [2.05, 4.69) is 10.2 Å². The summed E-state index contributed by atoms with van der Waals surface area (Å²) in [6.07, 6.45) is 1.78. The van der Waals surface area contributed by atoms with Crippen molar-refractivity contribution in [2.45, 2.75) is 0 Å². The number of hydrogen-bond acceptors (Lipinski definition) is 4. The van der Waals surface area contributed by atoms with E-state index in [0.717, 1.165) is 39.4 Å². The maximum atomic E-state index is 10.9. The number of carbonyl (C=O) groups excluding carboxylic acids is 1. The monoisotopic (exact) mass is 204 g/mol. The van der Waals surface area contributed by atoms with E-state index < -0.39 is 0 Å². The van der Waals surface area contributed by atoms with Gasteiger partial charge in [0.25, 0.3) is 5.24 Å². The predicted molar refractivity (Wildman–Crippen MR) is 54.2 cm³/mol. The van der Waals surface area contributed by atoms with Crippen molar-refractivity contribution >= 4 is 17.0 Å². The minimum absolute atomic E-state index is 0.0493. The minimum atomic E-state index is 0.0493. The number of ether oxygens (including phenoxy) is 1. The van der Waals surface area contributed by atoms with Gasteiger partial charge in [-0.1, -0.05) is 11.8 Å². The second-order valence-corrected chi connectivity index (χ2v) is 3.65. The van der Waals surface area contributed by atoms with Crippen LogP contribution in [0.2, 0.25) is 0 Å². The molecule has 1 N–H and O–H groups in total. The van der Waals surface area contributed by atoms with Crippen LogP contribution in [0.4, 0.5) is 4.79 Å². The van der Waals surface area contributed by atoms with Crippen molar-refractivity contribution < 1.29 is 9.53 Å². The van der Waals surface area contributed by atoms with Crippen molar-refractivity contribution in [1.29, 1.82) is 0 Å². The van der Waals surface area contributed by atoms with Crippen LogP contribution in [0.25, 0.3) is 0 Å². The summed E-state index contributed by atoms with van der Waals surface area (Å²) in [6.45, 7) is 5.26. The molecule has 0 radical (unpaired) electrons. The maximum absolute atomic E-state index is 10.9. The summed E-state index contributed by atoms with van der Waals surface area (Å²) in [5.74, 6) is 0. The Morgan fingerprint density at radius 1 is 1.54 bits per heavy atom. The first-order chi connectivity index (χ1) is 6.33. The van der Waals surface area contributed by atoms with E-state index in [9.17, 15) is 4.79 Å². The van der Waals surface area contributed by atoms with E-state index in [1.165, 1.54) is 11.8 Å². The molecule has 0 bridgehead atoms. The lowest BCUT2D eigenvalue weighted by atomic mass is 10.4. The molecule has 0 aromatic heterocycles. The topological polar surface area (TPSA) is 41.6 Å². The standard InChI is InChI=1S/C8H16N2O2S/c1-13-8(11)9-2-3-10-4-6-12-7-5-10/h2-7H2,1H3,(H,9,11). The number of amides is 1. The number of nitrogens with one attached hydrogen (secondary N) is 1. The van der Waals surface area contributed by atoms with Gasteiger partial charge in [-0.15, -0.1) is 0 Å². The van der Waals surface area contributed by atoms with Gasteiger partial charge in [0.1, 0.15) is 0 Å². The Kier molecular flexibility index (Phi) is 5.19. The van der Waals surface area contributed by atoms with Gasteiger partial charge in [-0.3, -0.25) is 9.69 Å². The zero-order valence-corrected chi connectivity index (χ0v) is 8.73. The van der Waals surface area contributed by atoms with Crippen molar-refractivity contribution in [2.75, 3.05) is 45.6 Å². The van der Waals surface area contributed by atoms with Gasteiger partial charge in [-0.05, 0) is 6.26 Å². The van der Waals surface area contributed by atoms with Crippen LogP contribution in [0.15, 0.2) is 0 Å². The zero-order chi connectivity index (χ0) is 9.52. The first kappa shape index (κ1) is 10.8. The third-order valence-corrected chi connectivity index (χ3v) is 2.50. The van der Waals surface area contributed by atoms with E-state index in [1.54, 1.807) is 6.26 Å². The van der Waals surface area contributed by atoms with Crippen molar-refractivity contribution in [1.82, 2.24) is 10.2 Å². The second-order valence-electron chi connectivity index (χ2n) is 2.87. The van der Waals surface area contributed by atoms with Crippen LogP contribution < -0.4 is 5.32 Å². The Balaban J connectivity index is 2.01. The molecule has 5 heteroatoms. The summed E-state index contributed by atoms with van der Waals surface area (Å²) in [4.78, 5) is 13.2. The number of morpholine rings is 1. The maximum Gasteiger partial charge on any atom is 0.278 e. The molecule has 1 fully saturated rings. The van der Waals surface area contributed by atoms with Crippen LogP contribution in [0.1, 0.15) is 0 Å². The Labute approximate surface area is 83.0 Å². The quantitative estimate of drug-likeness (QED) is 0.722. The van der Waals surface area contributed by atoms with Crippen LogP contribution in [0.3, 0.4) is 0 Å². The Bertz CT molecular complexity index is 160. The predicted octanol–water partition coefficient (Wildman–Crippen LogP) is 0.391. The largest absolute Gasteiger partial charge is 0.379 e. The van der Waals surface area contributed by atoms with Gasteiger partial charge in [0.2, 0.25) is 0 Å². The Morgan fingerprint density at radius 2 is 2.23 bits per heavy atom. The van der Waals surface area contributed by atoms with Crippen molar-refractivity contribution in [3.05, 3.63) is 0 Å². The second kappa shape index (κ2) is 6.23. The Morgan fingerprint density at radius 3 is 2.85 bits per heavy atom. The van der Waals surface area contributed by atoms with E-state index in [0.29, 0.717) is 0 Å². The van der Waals surface area contributed by atoms with Crippen molar-refractivity contribution in [3.8, 4) is 0 Å². The fourth-order valence-corrected chi connectivity index (χ4v) is 1.46. The van der Waals surface area contributed by atoms with E-state index in [4.69, 9.17) is 4.74 Å². The summed E-state index contributed by atoms with van der Waals surface area (Å²) >= 11 is 1.22. The molecule has 1 aliphatic heterocycles. The lowest BCUT2D eigenvalue weighted by Gasteiger charge is -2.26. The van der Waals surface area contributed by atoms with E-state index in [-0.39, 0.29) is 5.24 Å². The third kappa shape index (κ3) is 4.50. The molecule has 0 aromatic rings. The van der Waals surface area contributed by atoms with Gasteiger partial charge < -0.3 is 10.1 Å². The van der Waals surface area contributed by atoms with Gasteiger partial charge in [0.05, 0.1) is 13.2 Å². The van der Waals surface area contributed by atoms with Crippen molar-refractivity contribution in [2.24, 2.45) is 0 Å². The van der Waals surface area contributed by atoms with Crippen LogP contribution in [0.5, 0.6) is 0 Å². The normalized spacial score (nSPS) is 18.5. The number of hydrogen-bond donors (Lipinski definition) is 1. The molecule has 0 spiro atoms. The van der Waals surface area contributed by atoms with Crippen LogP contribution >= 0.6 is 11.8 Å². The fraction of sp³-hybridized carbons (Fsp3) is 0.875. The molecule has 0 saturated carbocycles. The lowest BCUT2D eigenvalue weighted by Crippen LogP contribution is -2.40. The molecule has 1 rings (SSSR count). The van der Waals surface area contributed by atoms with Gasteiger partial charge >= 0.3 is 0 Å². The molecule has 4 nitrogen and oxygen atoms in total.